The highest BCUT2D eigenvalue weighted by Crippen LogP contribution is 2.34. The van der Waals surface area contributed by atoms with E-state index in [-0.39, 0.29) is 17.7 Å². The zero-order chi connectivity index (χ0) is 15.7. The van der Waals surface area contributed by atoms with Crippen LogP contribution in [0.15, 0.2) is 16.9 Å². The van der Waals surface area contributed by atoms with Crippen LogP contribution in [0, 0.1) is 0 Å². The number of hydrogen-bond acceptors (Lipinski definition) is 4. The van der Waals surface area contributed by atoms with Gasteiger partial charge in [-0.15, -0.1) is 0 Å². The third-order valence-electron chi connectivity index (χ3n) is 4.62. The van der Waals surface area contributed by atoms with Gasteiger partial charge < -0.3 is 5.11 Å². The molecule has 1 fully saturated rings. The standard InChI is InChI=1S/C17H23N3O2/c1-3-12-8-9-14-15(11-6-5-7-13(21)10-11)19-17(22)20(4-2)16(14)18-12/h8-9,11,13,21H,3-7,10H2,1-2H3/t11?,13-/m1/s1. The molecule has 0 amide bonds. The zero-order valence-corrected chi connectivity index (χ0v) is 13.2. The van der Waals surface area contributed by atoms with E-state index < -0.39 is 0 Å². The molecule has 118 valence electrons. The summed E-state index contributed by atoms with van der Waals surface area (Å²) < 4.78 is 1.64. The molecule has 2 atom stereocenters. The van der Waals surface area contributed by atoms with Gasteiger partial charge in [0.2, 0.25) is 0 Å². The number of aromatic nitrogens is 3. The van der Waals surface area contributed by atoms with Gasteiger partial charge in [0.1, 0.15) is 5.65 Å². The van der Waals surface area contributed by atoms with Crippen LogP contribution in [0.3, 0.4) is 0 Å². The summed E-state index contributed by atoms with van der Waals surface area (Å²) in [5.41, 5.74) is 2.30. The van der Waals surface area contributed by atoms with Gasteiger partial charge in [-0.25, -0.2) is 9.78 Å². The minimum absolute atomic E-state index is 0.153. The van der Waals surface area contributed by atoms with E-state index in [1.54, 1.807) is 4.57 Å². The Kier molecular flexibility index (Phi) is 4.25. The normalized spacial score (nSPS) is 22.1. The maximum atomic E-state index is 12.4. The molecule has 22 heavy (non-hydrogen) atoms. The van der Waals surface area contributed by atoms with Crippen molar-refractivity contribution in [3.05, 3.63) is 34.0 Å². The smallest absolute Gasteiger partial charge is 0.349 e. The van der Waals surface area contributed by atoms with Gasteiger partial charge in [-0.1, -0.05) is 13.3 Å². The average Bonchev–Trinajstić information content (AvgIpc) is 2.53. The van der Waals surface area contributed by atoms with Crippen LogP contribution >= 0.6 is 0 Å². The number of aryl methyl sites for hydroxylation is 2. The lowest BCUT2D eigenvalue weighted by Gasteiger charge is -2.26. The predicted octanol–water partition coefficient (Wildman–Crippen LogP) is 2.39. The Morgan fingerprint density at radius 3 is 2.77 bits per heavy atom. The summed E-state index contributed by atoms with van der Waals surface area (Å²) in [7, 11) is 0. The molecule has 1 N–H and O–H groups in total. The summed E-state index contributed by atoms with van der Waals surface area (Å²) in [6, 6.07) is 4.05. The van der Waals surface area contributed by atoms with Gasteiger partial charge in [-0.3, -0.25) is 4.57 Å². The molecule has 0 aliphatic heterocycles. The molecule has 1 saturated carbocycles. The Balaban J connectivity index is 2.20. The van der Waals surface area contributed by atoms with Gasteiger partial charge >= 0.3 is 5.69 Å². The fraction of sp³-hybridized carbons (Fsp3) is 0.588. The Morgan fingerprint density at radius 2 is 2.09 bits per heavy atom. The first-order valence-electron chi connectivity index (χ1n) is 8.22. The highest BCUT2D eigenvalue weighted by atomic mass is 16.3. The van der Waals surface area contributed by atoms with E-state index in [0.717, 1.165) is 48.1 Å². The highest BCUT2D eigenvalue weighted by molar-refractivity contribution is 5.78. The molecule has 1 aliphatic rings. The van der Waals surface area contributed by atoms with E-state index in [0.29, 0.717) is 13.0 Å². The molecule has 0 aromatic carbocycles. The summed E-state index contributed by atoms with van der Waals surface area (Å²) in [4.78, 5) is 21.4. The van der Waals surface area contributed by atoms with Crippen molar-refractivity contribution in [2.24, 2.45) is 0 Å². The lowest BCUT2D eigenvalue weighted by atomic mass is 9.84. The van der Waals surface area contributed by atoms with E-state index in [1.165, 1.54) is 0 Å². The molecule has 0 spiro atoms. The van der Waals surface area contributed by atoms with E-state index in [2.05, 4.69) is 16.9 Å². The second-order valence-corrected chi connectivity index (χ2v) is 6.07. The number of fused-ring (bicyclic) bond motifs is 1. The van der Waals surface area contributed by atoms with Crippen LogP contribution in [-0.2, 0) is 13.0 Å². The summed E-state index contributed by atoms with van der Waals surface area (Å²) >= 11 is 0. The van der Waals surface area contributed by atoms with Crippen LogP contribution < -0.4 is 5.69 Å². The van der Waals surface area contributed by atoms with Gasteiger partial charge in [-0.2, -0.15) is 4.98 Å². The van der Waals surface area contributed by atoms with Crippen LogP contribution in [0.2, 0.25) is 0 Å². The molecule has 1 unspecified atom stereocenters. The first kappa shape index (κ1) is 15.2. The second-order valence-electron chi connectivity index (χ2n) is 6.07. The average molecular weight is 301 g/mol. The molecule has 5 heteroatoms. The van der Waals surface area contributed by atoms with E-state index in [9.17, 15) is 9.90 Å². The lowest BCUT2D eigenvalue weighted by Crippen LogP contribution is -2.28. The minimum atomic E-state index is -0.285. The molecule has 0 bridgehead atoms. The van der Waals surface area contributed by atoms with Crippen LogP contribution in [0.1, 0.15) is 56.8 Å². The molecule has 1 aliphatic carbocycles. The van der Waals surface area contributed by atoms with E-state index in [4.69, 9.17) is 0 Å². The molecule has 3 rings (SSSR count). The molecule has 2 aromatic heterocycles. The molecule has 5 nitrogen and oxygen atoms in total. The monoisotopic (exact) mass is 301 g/mol. The highest BCUT2D eigenvalue weighted by Gasteiger charge is 2.25. The van der Waals surface area contributed by atoms with Gasteiger partial charge in [0.15, 0.2) is 0 Å². The summed E-state index contributed by atoms with van der Waals surface area (Å²) in [5, 5.41) is 10.9. The van der Waals surface area contributed by atoms with Crippen molar-refractivity contribution in [2.75, 3.05) is 0 Å². The van der Waals surface area contributed by atoms with E-state index in [1.807, 2.05) is 19.1 Å². The quantitative estimate of drug-likeness (QED) is 0.945. The van der Waals surface area contributed by atoms with Crippen molar-refractivity contribution in [3.63, 3.8) is 0 Å². The second kappa shape index (κ2) is 6.16. The van der Waals surface area contributed by atoms with Gasteiger partial charge in [0.25, 0.3) is 0 Å². The minimum Gasteiger partial charge on any atom is -0.393 e. The first-order valence-corrected chi connectivity index (χ1v) is 8.22. The lowest BCUT2D eigenvalue weighted by molar-refractivity contribution is 0.119. The maximum absolute atomic E-state index is 12.4. The number of nitrogens with zero attached hydrogens (tertiary/aromatic N) is 3. The number of hydrogen-bond donors (Lipinski definition) is 1. The fourth-order valence-corrected chi connectivity index (χ4v) is 3.41. The van der Waals surface area contributed by atoms with Crippen molar-refractivity contribution in [2.45, 2.75) is 64.5 Å². The zero-order valence-electron chi connectivity index (χ0n) is 13.2. The molecular weight excluding hydrogens is 278 g/mol. The van der Waals surface area contributed by atoms with Gasteiger partial charge in [0.05, 0.1) is 11.8 Å². The molecule has 0 radical (unpaired) electrons. The van der Waals surface area contributed by atoms with Crippen molar-refractivity contribution in [3.8, 4) is 0 Å². The Hall–Kier alpha value is -1.75. The largest absolute Gasteiger partial charge is 0.393 e. The van der Waals surface area contributed by atoms with Crippen LogP contribution in [0.25, 0.3) is 11.0 Å². The third-order valence-corrected chi connectivity index (χ3v) is 4.62. The first-order chi connectivity index (χ1) is 10.6. The van der Waals surface area contributed by atoms with Crippen molar-refractivity contribution in [1.82, 2.24) is 14.5 Å². The Bertz CT molecular complexity index is 738. The summed E-state index contributed by atoms with van der Waals surface area (Å²) in [5.74, 6) is 0.153. The molecular formula is C17H23N3O2. The number of aliphatic hydroxyl groups excluding tert-OH is 1. The Labute approximate surface area is 130 Å². The number of pyridine rings is 1. The SMILES string of the molecule is CCc1ccc2c(C3CCC[C@@H](O)C3)nc(=O)n(CC)c2n1. The Morgan fingerprint density at radius 1 is 1.27 bits per heavy atom. The van der Waals surface area contributed by atoms with Crippen molar-refractivity contribution < 1.29 is 5.11 Å². The summed E-state index contributed by atoms with van der Waals surface area (Å²) in [6.07, 6.45) is 4.04. The number of rotatable bonds is 3. The third kappa shape index (κ3) is 2.65. The predicted molar refractivity (Wildman–Crippen MR) is 86.1 cm³/mol. The topological polar surface area (TPSA) is 68.0 Å². The number of aliphatic hydroxyl groups is 1. The molecule has 0 saturated heterocycles. The van der Waals surface area contributed by atoms with Crippen molar-refractivity contribution >= 4 is 11.0 Å². The maximum Gasteiger partial charge on any atom is 0.349 e. The van der Waals surface area contributed by atoms with Crippen molar-refractivity contribution in [1.29, 1.82) is 0 Å². The van der Waals surface area contributed by atoms with Gasteiger partial charge in [0, 0.05) is 23.5 Å². The fourth-order valence-electron chi connectivity index (χ4n) is 3.41. The summed E-state index contributed by atoms with van der Waals surface area (Å²) in [6.45, 7) is 4.56. The van der Waals surface area contributed by atoms with Crippen LogP contribution in [0.4, 0.5) is 0 Å². The van der Waals surface area contributed by atoms with Crippen LogP contribution in [0.5, 0.6) is 0 Å². The van der Waals surface area contributed by atoms with Crippen LogP contribution in [-0.4, -0.2) is 25.7 Å². The molecule has 2 heterocycles. The van der Waals surface area contributed by atoms with Gasteiger partial charge in [-0.05, 0) is 44.7 Å². The molecule has 2 aromatic rings. The van der Waals surface area contributed by atoms with E-state index >= 15 is 0 Å².